The van der Waals surface area contributed by atoms with E-state index in [-0.39, 0.29) is 0 Å². The second-order valence-corrected chi connectivity index (χ2v) is 5.76. The molecule has 94 valence electrons. The van der Waals surface area contributed by atoms with Crippen molar-refractivity contribution < 1.29 is 0 Å². The van der Waals surface area contributed by atoms with Crippen LogP contribution in [0.5, 0.6) is 0 Å². The first-order valence-corrected chi connectivity index (χ1v) is 7.36. The molecule has 0 radical (unpaired) electrons. The molecule has 2 unspecified atom stereocenters. The minimum atomic E-state index is 0.343. The van der Waals surface area contributed by atoms with Gasteiger partial charge in [0.25, 0.3) is 0 Å². The quantitative estimate of drug-likeness (QED) is 0.865. The van der Waals surface area contributed by atoms with Gasteiger partial charge in [0.2, 0.25) is 5.95 Å². The molecule has 17 heavy (non-hydrogen) atoms. The molecule has 0 saturated heterocycles. The first kappa shape index (κ1) is 12.5. The first-order valence-electron chi connectivity index (χ1n) is 6.07. The molecule has 0 bridgehead atoms. The Bertz CT molecular complexity index is 383. The van der Waals surface area contributed by atoms with E-state index in [4.69, 9.17) is 5.73 Å². The third-order valence-corrected chi connectivity index (χ3v) is 4.39. The standard InChI is InChI=1S/C12H20N4S/c1-8-7-14-12(13)16-11(8)15-9-4-3-5-10(6-9)17-2/h7,9-10H,3-6H2,1-2H3,(H3,13,14,15,16). The van der Waals surface area contributed by atoms with Crippen molar-refractivity contribution in [2.45, 2.75) is 43.9 Å². The van der Waals surface area contributed by atoms with Gasteiger partial charge in [0.15, 0.2) is 0 Å². The maximum Gasteiger partial charge on any atom is 0.221 e. The molecule has 1 aromatic heterocycles. The maximum absolute atomic E-state index is 5.62. The third kappa shape index (κ3) is 3.25. The molecule has 0 amide bonds. The molecular formula is C12H20N4S. The van der Waals surface area contributed by atoms with E-state index in [1.165, 1.54) is 25.7 Å². The van der Waals surface area contributed by atoms with Crippen LogP contribution in [0.4, 0.5) is 11.8 Å². The van der Waals surface area contributed by atoms with Gasteiger partial charge in [-0.15, -0.1) is 0 Å². The molecule has 3 N–H and O–H groups in total. The number of hydrogen-bond donors (Lipinski definition) is 2. The summed E-state index contributed by atoms with van der Waals surface area (Å²) in [5.74, 6) is 1.24. The van der Waals surface area contributed by atoms with E-state index in [2.05, 4.69) is 21.5 Å². The largest absolute Gasteiger partial charge is 0.368 e. The number of anilines is 2. The fourth-order valence-corrected chi connectivity index (χ4v) is 3.11. The second kappa shape index (κ2) is 5.58. The highest BCUT2D eigenvalue weighted by atomic mass is 32.2. The van der Waals surface area contributed by atoms with Crippen molar-refractivity contribution in [3.05, 3.63) is 11.8 Å². The van der Waals surface area contributed by atoms with Crippen molar-refractivity contribution in [3.63, 3.8) is 0 Å². The number of rotatable bonds is 3. The summed E-state index contributed by atoms with van der Waals surface area (Å²) in [5, 5.41) is 4.29. The minimum absolute atomic E-state index is 0.343. The number of hydrogen-bond acceptors (Lipinski definition) is 5. The Morgan fingerprint density at radius 1 is 1.47 bits per heavy atom. The normalized spacial score (nSPS) is 24.6. The van der Waals surface area contributed by atoms with Gasteiger partial charge >= 0.3 is 0 Å². The Morgan fingerprint density at radius 2 is 2.29 bits per heavy atom. The summed E-state index contributed by atoms with van der Waals surface area (Å²) >= 11 is 1.97. The van der Waals surface area contributed by atoms with E-state index in [0.29, 0.717) is 12.0 Å². The molecule has 0 aliphatic heterocycles. The molecule has 2 rings (SSSR count). The summed E-state index contributed by atoms with van der Waals surface area (Å²) in [6, 6.07) is 0.522. The average molecular weight is 252 g/mol. The van der Waals surface area contributed by atoms with Crippen molar-refractivity contribution >= 4 is 23.5 Å². The Labute approximate surface area is 107 Å². The fourth-order valence-electron chi connectivity index (χ4n) is 2.29. The number of nitrogens with one attached hydrogen (secondary N) is 1. The third-order valence-electron chi connectivity index (χ3n) is 3.29. The van der Waals surface area contributed by atoms with E-state index < -0.39 is 0 Å². The van der Waals surface area contributed by atoms with Crippen LogP contribution in [0.2, 0.25) is 0 Å². The zero-order valence-electron chi connectivity index (χ0n) is 10.4. The number of aromatic nitrogens is 2. The highest BCUT2D eigenvalue weighted by molar-refractivity contribution is 7.99. The molecule has 1 heterocycles. The highest BCUT2D eigenvalue weighted by Gasteiger charge is 2.21. The van der Waals surface area contributed by atoms with Gasteiger partial charge in [-0.3, -0.25) is 0 Å². The van der Waals surface area contributed by atoms with Gasteiger partial charge in [-0.05, 0) is 32.4 Å². The summed E-state index contributed by atoms with van der Waals surface area (Å²) in [4.78, 5) is 8.25. The van der Waals surface area contributed by atoms with Crippen molar-refractivity contribution in [2.75, 3.05) is 17.3 Å². The van der Waals surface area contributed by atoms with E-state index in [1.54, 1.807) is 6.20 Å². The van der Waals surface area contributed by atoms with Gasteiger partial charge in [0.1, 0.15) is 5.82 Å². The van der Waals surface area contributed by atoms with E-state index in [9.17, 15) is 0 Å². The van der Waals surface area contributed by atoms with Crippen LogP contribution in [0.25, 0.3) is 0 Å². The van der Waals surface area contributed by atoms with Crippen LogP contribution in [0.1, 0.15) is 31.2 Å². The molecule has 1 saturated carbocycles. The smallest absolute Gasteiger partial charge is 0.221 e. The van der Waals surface area contributed by atoms with Gasteiger partial charge in [-0.25, -0.2) is 4.98 Å². The lowest BCUT2D eigenvalue weighted by molar-refractivity contribution is 0.472. The molecule has 0 spiro atoms. The number of nitrogens with two attached hydrogens (primary N) is 1. The molecule has 1 fully saturated rings. The monoisotopic (exact) mass is 252 g/mol. The van der Waals surface area contributed by atoms with Crippen LogP contribution in [0.15, 0.2) is 6.20 Å². The van der Waals surface area contributed by atoms with Crippen LogP contribution in [0.3, 0.4) is 0 Å². The Hall–Kier alpha value is -0.970. The lowest BCUT2D eigenvalue weighted by atomic mass is 9.95. The molecule has 4 nitrogen and oxygen atoms in total. The zero-order valence-corrected chi connectivity index (χ0v) is 11.3. The summed E-state index contributed by atoms with van der Waals surface area (Å²) in [6.07, 6.45) is 9.04. The molecule has 1 aliphatic rings. The van der Waals surface area contributed by atoms with Gasteiger partial charge in [0.05, 0.1) is 0 Å². The second-order valence-electron chi connectivity index (χ2n) is 4.63. The average Bonchev–Trinajstić information content (AvgIpc) is 2.34. The van der Waals surface area contributed by atoms with Crippen molar-refractivity contribution in [2.24, 2.45) is 0 Å². The number of aryl methyl sites for hydroxylation is 1. The van der Waals surface area contributed by atoms with Gasteiger partial charge in [-0.1, -0.05) is 6.42 Å². The molecule has 1 aromatic rings. The predicted molar refractivity (Wildman–Crippen MR) is 74.4 cm³/mol. The highest BCUT2D eigenvalue weighted by Crippen LogP contribution is 2.29. The lowest BCUT2D eigenvalue weighted by Crippen LogP contribution is -2.29. The topological polar surface area (TPSA) is 63.8 Å². The van der Waals surface area contributed by atoms with E-state index >= 15 is 0 Å². The van der Waals surface area contributed by atoms with Crippen LogP contribution < -0.4 is 11.1 Å². The minimum Gasteiger partial charge on any atom is -0.368 e. The summed E-state index contributed by atoms with van der Waals surface area (Å²) in [7, 11) is 0. The van der Waals surface area contributed by atoms with Gasteiger partial charge < -0.3 is 11.1 Å². The number of nitrogens with zero attached hydrogens (tertiary/aromatic N) is 2. The van der Waals surface area contributed by atoms with Crippen LogP contribution in [0, 0.1) is 6.92 Å². The maximum atomic E-state index is 5.62. The molecule has 0 aromatic carbocycles. The summed E-state index contributed by atoms with van der Waals surface area (Å²) in [5.41, 5.74) is 6.68. The SMILES string of the molecule is CSC1CCCC(Nc2nc(N)ncc2C)C1. The number of nitrogen functional groups attached to an aromatic ring is 1. The van der Waals surface area contributed by atoms with E-state index in [1.807, 2.05) is 18.7 Å². The molecule has 1 aliphatic carbocycles. The molecular weight excluding hydrogens is 232 g/mol. The lowest BCUT2D eigenvalue weighted by Gasteiger charge is -2.29. The zero-order chi connectivity index (χ0) is 12.3. The summed E-state index contributed by atoms with van der Waals surface area (Å²) < 4.78 is 0. The van der Waals surface area contributed by atoms with E-state index in [0.717, 1.165) is 16.6 Å². The Morgan fingerprint density at radius 3 is 3.06 bits per heavy atom. The Kier molecular flexibility index (Phi) is 4.10. The first-order chi connectivity index (χ1) is 8.19. The molecule has 2 atom stereocenters. The molecule has 5 heteroatoms. The summed E-state index contributed by atoms with van der Waals surface area (Å²) in [6.45, 7) is 2.01. The van der Waals surface area contributed by atoms with Crippen molar-refractivity contribution in [1.29, 1.82) is 0 Å². The fraction of sp³-hybridized carbons (Fsp3) is 0.667. The number of thioether (sulfide) groups is 1. The van der Waals surface area contributed by atoms with Gasteiger partial charge in [0, 0.05) is 23.1 Å². The van der Waals surface area contributed by atoms with Crippen LogP contribution in [-0.2, 0) is 0 Å². The predicted octanol–water partition coefficient (Wildman–Crippen LogP) is 2.45. The van der Waals surface area contributed by atoms with Crippen LogP contribution >= 0.6 is 11.8 Å². The van der Waals surface area contributed by atoms with Crippen molar-refractivity contribution in [1.82, 2.24) is 9.97 Å². The Balaban J connectivity index is 2.02. The van der Waals surface area contributed by atoms with Crippen LogP contribution in [-0.4, -0.2) is 27.5 Å². The van der Waals surface area contributed by atoms with Crippen molar-refractivity contribution in [3.8, 4) is 0 Å². The van der Waals surface area contributed by atoms with Gasteiger partial charge in [-0.2, -0.15) is 16.7 Å².